The van der Waals surface area contributed by atoms with Crippen LogP contribution < -0.4 is 10.5 Å². The second-order valence-corrected chi connectivity index (χ2v) is 5.98. The molecule has 8 nitrogen and oxygen atoms in total. The maximum absolute atomic E-state index is 12.5. The number of aromatic nitrogens is 4. The van der Waals surface area contributed by atoms with Crippen LogP contribution in [0.5, 0.6) is 0 Å². The summed E-state index contributed by atoms with van der Waals surface area (Å²) in [5, 5.41) is 2.74. The van der Waals surface area contributed by atoms with Gasteiger partial charge < -0.3 is 0 Å². The number of aromatic amines is 1. The molecule has 1 N–H and O–H groups in total. The van der Waals surface area contributed by atoms with E-state index in [9.17, 15) is 14.4 Å². The van der Waals surface area contributed by atoms with Crippen LogP contribution in [0.25, 0.3) is 5.78 Å². The Morgan fingerprint density at radius 1 is 1.04 bits per heavy atom. The lowest BCUT2D eigenvalue weighted by molar-refractivity contribution is -0.122. The monoisotopic (exact) mass is 313 g/mol. The quantitative estimate of drug-likeness (QED) is 0.610. The number of fused-ring (bicyclic) bond motifs is 2. The largest absolute Gasteiger partial charge is 0.277 e. The molecule has 2 amide bonds. The third kappa shape index (κ3) is 1.81. The lowest BCUT2D eigenvalue weighted by Crippen LogP contribution is -2.32. The van der Waals surface area contributed by atoms with E-state index in [2.05, 4.69) is 15.1 Å². The maximum atomic E-state index is 12.5. The molecule has 3 heterocycles. The number of nitrogens with one attached hydrogen (secondary N) is 1. The highest BCUT2D eigenvalue weighted by molar-refractivity contribution is 6.21. The second-order valence-electron chi connectivity index (χ2n) is 5.98. The van der Waals surface area contributed by atoms with E-state index in [4.69, 9.17) is 0 Å². The van der Waals surface area contributed by atoms with E-state index in [1.165, 1.54) is 4.52 Å². The van der Waals surface area contributed by atoms with Crippen LogP contribution in [0.3, 0.4) is 0 Å². The Bertz CT molecular complexity index is 912. The molecule has 2 unspecified atom stereocenters. The number of nitrogens with zero attached hydrogens (tertiary/aromatic N) is 4. The SMILES string of the molecule is Cc1nc2nc(N3C(=O)C4CC=CCC4C3=O)[nH]n2c(=O)c1C. The third-order valence-corrected chi connectivity index (χ3v) is 4.67. The van der Waals surface area contributed by atoms with Crippen molar-refractivity contribution in [2.75, 3.05) is 4.90 Å². The van der Waals surface area contributed by atoms with Gasteiger partial charge in [0, 0.05) is 11.3 Å². The highest BCUT2D eigenvalue weighted by Gasteiger charge is 2.49. The molecule has 1 saturated heterocycles. The topological polar surface area (TPSA) is 100 Å². The number of carbonyl (C=O) groups is 2. The van der Waals surface area contributed by atoms with E-state index in [1.807, 2.05) is 12.2 Å². The number of amides is 2. The predicted octanol–water partition coefficient (Wildman–Crippen LogP) is 0.490. The van der Waals surface area contributed by atoms with E-state index in [0.29, 0.717) is 24.1 Å². The van der Waals surface area contributed by atoms with Crippen molar-refractivity contribution >= 4 is 23.5 Å². The number of allylic oxidation sites excluding steroid dienone is 2. The second kappa shape index (κ2) is 4.61. The van der Waals surface area contributed by atoms with Gasteiger partial charge in [-0.05, 0) is 26.7 Å². The third-order valence-electron chi connectivity index (χ3n) is 4.67. The van der Waals surface area contributed by atoms with Crippen LogP contribution in [0.1, 0.15) is 24.1 Å². The molecule has 1 aliphatic heterocycles. The van der Waals surface area contributed by atoms with Gasteiger partial charge in [-0.25, -0.2) is 9.88 Å². The lowest BCUT2D eigenvalue weighted by atomic mass is 9.85. The average Bonchev–Trinajstić information content (AvgIpc) is 3.06. The molecule has 0 bridgehead atoms. The normalized spacial score (nSPS) is 23.8. The summed E-state index contributed by atoms with van der Waals surface area (Å²) in [5.41, 5.74) is 0.782. The Morgan fingerprint density at radius 3 is 2.26 bits per heavy atom. The smallest absolute Gasteiger partial charge is 0.274 e. The van der Waals surface area contributed by atoms with Gasteiger partial charge in [-0.1, -0.05) is 12.2 Å². The molecule has 2 aromatic heterocycles. The lowest BCUT2D eigenvalue weighted by Gasteiger charge is -2.14. The van der Waals surface area contributed by atoms with Crippen molar-refractivity contribution in [1.82, 2.24) is 19.6 Å². The first kappa shape index (κ1) is 13.9. The van der Waals surface area contributed by atoms with E-state index in [1.54, 1.807) is 13.8 Å². The summed E-state index contributed by atoms with van der Waals surface area (Å²) in [6.07, 6.45) is 4.96. The number of hydrogen-bond acceptors (Lipinski definition) is 5. The molecule has 0 aromatic carbocycles. The Hall–Kier alpha value is -2.77. The Labute approximate surface area is 130 Å². The minimum atomic E-state index is -0.339. The molecule has 118 valence electrons. The Kier molecular flexibility index (Phi) is 2.78. The van der Waals surface area contributed by atoms with Gasteiger partial charge in [-0.2, -0.15) is 9.50 Å². The highest BCUT2D eigenvalue weighted by Crippen LogP contribution is 2.36. The summed E-state index contributed by atoms with van der Waals surface area (Å²) in [6.45, 7) is 3.39. The molecule has 1 aliphatic carbocycles. The summed E-state index contributed by atoms with van der Waals surface area (Å²) < 4.78 is 1.17. The van der Waals surface area contributed by atoms with Crippen LogP contribution in [0, 0.1) is 25.7 Å². The van der Waals surface area contributed by atoms with Gasteiger partial charge in [0.15, 0.2) is 0 Å². The number of carbonyl (C=O) groups excluding carboxylic acids is 2. The van der Waals surface area contributed by atoms with Gasteiger partial charge in [-0.15, -0.1) is 0 Å². The summed E-state index contributed by atoms with van der Waals surface area (Å²) in [6, 6.07) is 0. The number of rotatable bonds is 1. The van der Waals surface area contributed by atoms with E-state index >= 15 is 0 Å². The fraction of sp³-hybridized carbons (Fsp3) is 0.400. The number of imide groups is 1. The molecule has 23 heavy (non-hydrogen) atoms. The van der Waals surface area contributed by atoms with Crippen molar-refractivity contribution in [3.63, 3.8) is 0 Å². The van der Waals surface area contributed by atoms with Crippen molar-refractivity contribution in [3.05, 3.63) is 33.8 Å². The van der Waals surface area contributed by atoms with Gasteiger partial charge in [0.2, 0.25) is 17.8 Å². The standard InChI is InChI=1S/C15H15N5O3/c1-7-8(2)16-14-17-15(18-20(14)11(7)21)19-12(22)9-5-3-4-6-10(9)13(19)23/h3-4,9-10H,5-6H2,1-2H3,(H,16,17,18). The Morgan fingerprint density at radius 2 is 1.65 bits per heavy atom. The number of anilines is 1. The number of hydrogen-bond donors (Lipinski definition) is 1. The van der Waals surface area contributed by atoms with E-state index < -0.39 is 0 Å². The van der Waals surface area contributed by atoms with Gasteiger partial charge in [0.25, 0.3) is 11.3 Å². The molecule has 0 spiro atoms. The van der Waals surface area contributed by atoms with Gasteiger partial charge in [0.1, 0.15) is 0 Å². The van der Waals surface area contributed by atoms with Crippen molar-refractivity contribution in [2.24, 2.45) is 11.8 Å². The molecule has 8 heteroatoms. The first-order chi connectivity index (χ1) is 11.0. The molecule has 4 rings (SSSR count). The van der Waals surface area contributed by atoms with Gasteiger partial charge in [0.05, 0.1) is 11.8 Å². The highest BCUT2D eigenvalue weighted by atomic mass is 16.2. The zero-order valence-corrected chi connectivity index (χ0v) is 12.7. The molecule has 2 aliphatic rings. The summed E-state index contributed by atoms with van der Waals surface area (Å²) in [5.74, 6) is -1.01. The van der Waals surface area contributed by atoms with Crippen molar-refractivity contribution in [1.29, 1.82) is 0 Å². The molecular formula is C15H15N5O3. The van der Waals surface area contributed by atoms with Crippen LogP contribution in [-0.2, 0) is 9.59 Å². The minimum absolute atomic E-state index is 0.0593. The molecule has 2 aromatic rings. The van der Waals surface area contributed by atoms with E-state index in [0.717, 1.165) is 4.90 Å². The molecule has 0 saturated carbocycles. The zero-order valence-electron chi connectivity index (χ0n) is 12.7. The average molecular weight is 313 g/mol. The molecule has 2 atom stereocenters. The fourth-order valence-corrected chi connectivity index (χ4v) is 3.20. The fourth-order valence-electron chi connectivity index (χ4n) is 3.20. The van der Waals surface area contributed by atoms with Crippen molar-refractivity contribution < 1.29 is 9.59 Å². The van der Waals surface area contributed by atoms with Crippen LogP contribution in [0.4, 0.5) is 5.95 Å². The van der Waals surface area contributed by atoms with Crippen molar-refractivity contribution in [2.45, 2.75) is 26.7 Å². The first-order valence-electron chi connectivity index (χ1n) is 7.48. The molecule has 1 fully saturated rings. The molecule has 0 radical (unpaired) electrons. The first-order valence-corrected chi connectivity index (χ1v) is 7.48. The number of H-pyrrole nitrogens is 1. The van der Waals surface area contributed by atoms with Crippen LogP contribution in [0.2, 0.25) is 0 Å². The van der Waals surface area contributed by atoms with Crippen LogP contribution >= 0.6 is 0 Å². The summed E-state index contributed by atoms with van der Waals surface area (Å²) in [7, 11) is 0. The summed E-state index contributed by atoms with van der Waals surface area (Å²) in [4.78, 5) is 46.8. The van der Waals surface area contributed by atoms with E-state index in [-0.39, 0.29) is 40.9 Å². The van der Waals surface area contributed by atoms with Gasteiger partial charge in [-0.3, -0.25) is 19.5 Å². The minimum Gasteiger partial charge on any atom is -0.274 e. The Balaban J connectivity index is 1.84. The molecular weight excluding hydrogens is 298 g/mol. The maximum Gasteiger partial charge on any atom is 0.277 e. The van der Waals surface area contributed by atoms with Gasteiger partial charge >= 0.3 is 0 Å². The van der Waals surface area contributed by atoms with Crippen LogP contribution in [-0.4, -0.2) is 31.4 Å². The predicted molar refractivity (Wildman–Crippen MR) is 80.9 cm³/mol. The van der Waals surface area contributed by atoms with Crippen LogP contribution in [0.15, 0.2) is 16.9 Å². The summed E-state index contributed by atoms with van der Waals surface area (Å²) >= 11 is 0. The number of aryl methyl sites for hydroxylation is 1. The van der Waals surface area contributed by atoms with Crippen molar-refractivity contribution in [3.8, 4) is 0 Å². The zero-order chi connectivity index (χ0) is 16.3.